The van der Waals surface area contributed by atoms with Gasteiger partial charge in [-0.25, -0.2) is 0 Å². The number of amides is 1. The largest absolute Gasteiger partial charge is 0.271 e. The zero-order valence-electron chi connectivity index (χ0n) is 13.3. The zero-order chi connectivity index (χ0) is 17.2. The van der Waals surface area contributed by atoms with E-state index in [1.807, 2.05) is 84.9 Å². The molecule has 0 aromatic heterocycles. The highest BCUT2D eigenvalue weighted by Gasteiger charge is 2.38. The maximum Gasteiger partial charge on any atom is 0.261 e. The first-order chi connectivity index (χ1) is 12.3. The van der Waals surface area contributed by atoms with Crippen LogP contribution in [0.2, 0.25) is 0 Å². The first-order valence-electron chi connectivity index (χ1n) is 8.03. The van der Waals surface area contributed by atoms with Crippen molar-refractivity contribution in [2.24, 2.45) is 5.10 Å². The van der Waals surface area contributed by atoms with Gasteiger partial charge in [-0.1, -0.05) is 80.2 Å². The number of hydrazone groups is 1. The number of halogens is 1. The zero-order valence-corrected chi connectivity index (χ0v) is 14.9. The number of rotatable bonds is 3. The molecule has 0 spiro atoms. The van der Waals surface area contributed by atoms with Crippen LogP contribution in [0.25, 0.3) is 0 Å². The van der Waals surface area contributed by atoms with E-state index in [0.29, 0.717) is 0 Å². The summed E-state index contributed by atoms with van der Waals surface area (Å²) in [6.07, 6.45) is 0. The predicted octanol–water partition coefficient (Wildman–Crippen LogP) is 5.62. The molecule has 26 heavy (non-hydrogen) atoms. The standard InChI is InChI=1S/C21H15BrN2O.CH4/c22-17-13-7-8-14-18(17)24-21(25)19(15-9-3-1-4-10-15)20(23-24)16-11-5-2-6-12-16;/h1-14,19H;1H4. The van der Waals surface area contributed by atoms with Gasteiger partial charge in [0, 0.05) is 4.47 Å². The van der Waals surface area contributed by atoms with Crippen LogP contribution in [-0.4, -0.2) is 11.6 Å². The summed E-state index contributed by atoms with van der Waals surface area (Å²) < 4.78 is 0.841. The molecule has 0 N–H and O–H groups in total. The van der Waals surface area contributed by atoms with Crippen LogP contribution in [0, 0.1) is 0 Å². The second kappa shape index (κ2) is 7.67. The Kier molecular flexibility index (Phi) is 5.33. The Labute approximate surface area is 162 Å². The molecule has 1 aliphatic heterocycles. The van der Waals surface area contributed by atoms with Gasteiger partial charge in [-0.05, 0) is 39.2 Å². The maximum atomic E-state index is 13.2. The second-order valence-electron chi connectivity index (χ2n) is 5.80. The van der Waals surface area contributed by atoms with Gasteiger partial charge in [-0.2, -0.15) is 10.1 Å². The molecule has 0 saturated heterocycles. The first kappa shape index (κ1) is 18.1. The van der Waals surface area contributed by atoms with Crippen molar-refractivity contribution in [3.8, 4) is 0 Å². The van der Waals surface area contributed by atoms with Gasteiger partial charge in [0.15, 0.2) is 0 Å². The Hall–Kier alpha value is -2.72. The van der Waals surface area contributed by atoms with E-state index in [-0.39, 0.29) is 13.3 Å². The molecule has 130 valence electrons. The number of anilines is 1. The predicted molar refractivity (Wildman–Crippen MR) is 111 cm³/mol. The topological polar surface area (TPSA) is 32.7 Å². The smallest absolute Gasteiger partial charge is 0.261 e. The van der Waals surface area contributed by atoms with Gasteiger partial charge >= 0.3 is 0 Å². The van der Waals surface area contributed by atoms with E-state index in [4.69, 9.17) is 5.10 Å². The van der Waals surface area contributed by atoms with Gasteiger partial charge in [0.25, 0.3) is 5.91 Å². The third-order valence-electron chi connectivity index (χ3n) is 4.22. The fourth-order valence-electron chi connectivity index (χ4n) is 3.03. The van der Waals surface area contributed by atoms with Gasteiger partial charge in [0.05, 0.1) is 11.4 Å². The third kappa shape index (κ3) is 3.20. The van der Waals surface area contributed by atoms with E-state index >= 15 is 0 Å². The molecule has 0 saturated carbocycles. The summed E-state index contributed by atoms with van der Waals surface area (Å²) in [5.41, 5.74) is 3.43. The Morgan fingerprint density at radius 2 is 1.38 bits per heavy atom. The molecule has 1 unspecified atom stereocenters. The fraction of sp³-hybridized carbons (Fsp3) is 0.0909. The van der Waals surface area contributed by atoms with Crippen LogP contribution in [0.5, 0.6) is 0 Å². The van der Waals surface area contributed by atoms with Gasteiger partial charge < -0.3 is 0 Å². The lowest BCUT2D eigenvalue weighted by atomic mass is 9.90. The molecule has 1 aliphatic rings. The van der Waals surface area contributed by atoms with Crippen LogP contribution in [0.4, 0.5) is 5.69 Å². The van der Waals surface area contributed by atoms with Crippen LogP contribution in [0.3, 0.4) is 0 Å². The van der Waals surface area contributed by atoms with E-state index in [1.54, 1.807) is 0 Å². The summed E-state index contributed by atoms with van der Waals surface area (Å²) in [6.45, 7) is 0. The number of para-hydroxylation sites is 1. The molecule has 0 bridgehead atoms. The minimum Gasteiger partial charge on any atom is -0.271 e. The Morgan fingerprint density at radius 3 is 2.04 bits per heavy atom. The number of nitrogens with zero attached hydrogens (tertiary/aromatic N) is 2. The molecule has 3 nitrogen and oxygen atoms in total. The number of carbonyl (C=O) groups is 1. The lowest BCUT2D eigenvalue weighted by Gasteiger charge is -2.16. The lowest BCUT2D eigenvalue weighted by molar-refractivity contribution is -0.118. The van der Waals surface area contributed by atoms with Crippen LogP contribution < -0.4 is 5.01 Å². The number of carbonyl (C=O) groups excluding carboxylic acids is 1. The molecule has 3 aromatic carbocycles. The molecule has 0 radical (unpaired) electrons. The van der Waals surface area contributed by atoms with Gasteiger partial charge in [-0.3, -0.25) is 4.79 Å². The van der Waals surface area contributed by atoms with Crippen molar-refractivity contribution in [2.45, 2.75) is 13.3 Å². The molecule has 4 rings (SSSR count). The average Bonchev–Trinajstić information content (AvgIpc) is 3.01. The van der Waals surface area contributed by atoms with Gasteiger partial charge in [0.2, 0.25) is 0 Å². The molecule has 1 heterocycles. The molecule has 1 atom stereocenters. The monoisotopic (exact) mass is 406 g/mol. The van der Waals surface area contributed by atoms with Gasteiger partial charge in [-0.15, -0.1) is 0 Å². The molecule has 0 aliphatic carbocycles. The van der Waals surface area contributed by atoms with E-state index < -0.39 is 5.92 Å². The highest BCUT2D eigenvalue weighted by molar-refractivity contribution is 9.10. The lowest BCUT2D eigenvalue weighted by Crippen LogP contribution is -2.26. The minimum atomic E-state index is -0.407. The van der Waals surface area contributed by atoms with Crippen LogP contribution in [0.1, 0.15) is 24.5 Å². The van der Waals surface area contributed by atoms with E-state index in [0.717, 1.165) is 27.0 Å². The number of benzene rings is 3. The molecule has 1 amide bonds. The summed E-state index contributed by atoms with van der Waals surface area (Å²) in [4.78, 5) is 13.2. The quantitative estimate of drug-likeness (QED) is 0.555. The number of hydrogen-bond donors (Lipinski definition) is 0. The van der Waals surface area contributed by atoms with Crippen molar-refractivity contribution in [1.29, 1.82) is 0 Å². The van der Waals surface area contributed by atoms with Crippen molar-refractivity contribution >= 4 is 33.2 Å². The Bertz CT molecular complexity index is 939. The molecular weight excluding hydrogens is 388 g/mol. The summed E-state index contributed by atoms with van der Waals surface area (Å²) in [7, 11) is 0. The van der Waals surface area contributed by atoms with E-state index in [2.05, 4.69) is 15.9 Å². The average molecular weight is 407 g/mol. The molecule has 3 aromatic rings. The summed E-state index contributed by atoms with van der Waals surface area (Å²) >= 11 is 3.52. The molecular formula is C22H19BrN2O. The third-order valence-corrected chi connectivity index (χ3v) is 4.89. The van der Waals surface area contributed by atoms with Crippen LogP contribution in [-0.2, 0) is 4.79 Å². The van der Waals surface area contributed by atoms with Crippen molar-refractivity contribution in [2.75, 3.05) is 5.01 Å². The summed E-state index contributed by atoms with van der Waals surface area (Å²) in [5.74, 6) is -0.451. The van der Waals surface area contributed by atoms with Gasteiger partial charge in [0.1, 0.15) is 5.92 Å². The van der Waals surface area contributed by atoms with E-state index in [1.165, 1.54) is 5.01 Å². The second-order valence-corrected chi connectivity index (χ2v) is 6.65. The number of hydrogen-bond acceptors (Lipinski definition) is 2. The van der Waals surface area contributed by atoms with E-state index in [9.17, 15) is 4.79 Å². The Balaban J connectivity index is 0.00000196. The SMILES string of the molecule is C.O=C1C(c2ccccc2)C(c2ccccc2)=NN1c1ccccc1Br. The maximum absolute atomic E-state index is 13.2. The summed E-state index contributed by atoms with van der Waals surface area (Å²) in [6, 6.07) is 27.3. The molecule has 0 fully saturated rings. The van der Waals surface area contributed by atoms with Crippen molar-refractivity contribution in [1.82, 2.24) is 0 Å². The highest BCUT2D eigenvalue weighted by atomic mass is 79.9. The van der Waals surface area contributed by atoms with Crippen molar-refractivity contribution in [3.63, 3.8) is 0 Å². The Morgan fingerprint density at radius 1 is 0.808 bits per heavy atom. The van der Waals surface area contributed by atoms with Crippen molar-refractivity contribution < 1.29 is 4.79 Å². The highest BCUT2D eigenvalue weighted by Crippen LogP contribution is 2.36. The first-order valence-corrected chi connectivity index (χ1v) is 8.82. The van der Waals surface area contributed by atoms with Crippen molar-refractivity contribution in [3.05, 3.63) is 101 Å². The molecule has 4 heteroatoms. The fourth-order valence-corrected chi connectivity index (χ4v) is 3.48. The summed E-state index contributed by atoms with van der Waals surface area (Å²) in [5, 5.41) is 6.20. The minimum absolute atomic E-state index is 0. The normalized spacial score (nSPS) is 16.2. The van der Waals surface area contributed by atoms with Crippen LogP contribution in [0.15, 0.2) is 94.5 Å². The van der Waals surface area contributed by atoms with Crippen LogP contribution >= 0.6 is 15.9 Å².